The molecule has 0 unspecified atom stereocenters. The van der Waals surface area contributed by atoms with Gasteiger partial charge in [-0.15, -0.1) is 0 Å². The lowest BCUT2D eigenvalue weighted by Gasteiger charge is -2.07. The second kappa shape index (κ2) is 6.91. The van der Waals surface area contributed by atoms with Crippen LogP contribution in [0.5, 0.6) is 5.75 Å². The first kappa shape index (κ1) is 14.3. The first-order valence-corrected chi connectivity index (χ1v) is 6.84. The van der Waals surface area contributed by atoms with Crippen LogP contribution in [0.1, 0.15) is 18.9 Å². The normalized spacial score (nSPS) is 10.5. The summed E-state index contributed by atoms with van der Waals surface area (Å²) in [5.74, 6) is 0.852. The zero-order valence-electron chi connectivity index (χ0n) is 11.9. The van der Waals surface area contributed by atoms with Crippen LogP contribution in [0.3, 0.4) is 0 Å². The Morgan fingerprint density at radius 1 is 1.15 bits per heavy atom. The lowest BCUT2D eigenvalue weighted by Crippen LogP contribution is -2.18. The Morgan fingerprint density at radius 2 is 1.90 bits per heavy atom. The zero-order valence-corrected chi connectivity index (χ0v) is 11.9. The average Bonchev–Trinajstić information content (AvgIpc) is 2.48. The molecule has 0 amide bonds. The Morgan fingerprint density at radius 3 is 2.50 bits per heavy atom. The van der Waals surface area contributed by atoms with Crippen LogP contribution in [0.2, 0.25) is 0 Å². The summed E-state index contributed by atoms with van der Waals surface area (Å²) in [6.07, 6.45) is 0.988. The predicted octanol–water partition coefficient (Wildman–Crippen LogP) is 2.55. The minimum absolute atomic E-state index is 0.0526. The minimum Gasteiger partial charge on any atom is -0.494 e. The molecule has 0 atom stereocenters. The molecule has 2 aromatic rings. The molecule has 0 aliphatic carbocycles. The van der Waals surface area contributed by atoms with Crippen LogP contribution < -0.4 is 15.6 Å². The van der Waals surface area contributed by atoms with Crippen LogP contribution in [0.4, 0.5) is 0 Å². The highest BCUT2D eigenvalue weighted by Crippen LogP contribution is 2.20. The molecule has 0 saturated heterocycles. The second-order valence-corrected chi connectivity index (χ2v) is 4.63. The van der Waals surface area contributed by atoms with E-state index >= 15 is 0 Å². The van der Waals surface area contributed by atoms with Gasteiger partial charge in [-0.3, -0.25) is 4.79 Å². The van der Waals surface area contributed by atoms with E-state index < -0.39 is 0 Å². The van der Waals surface area contributed by atoms with Crippen molar-refractivity contribution in [3.05, 3.63) is 52.3 Å². The van der Waals surface area contributed by atoms with Gasteiger partial charge < -0.3 is 15.0 Å². The van der Waals surface area contributed by atoms with E-state index in [1.165, 1.54) is 0 Å². The Balaban J connectivity index is 2.19. The largest absolute Gasteiger partial charge is 0.494 e. The fraction of sp³-hybridized carbons (Fsp3) is 0.312. The van der Waals surface area contributed by atoms with Crippen molar-refractivity contribution in [1.82, 2.24) is 10.3 Å². The molecule has 1 aromatic carbocycles. The Bertz CT molecular complexity index is 603. The summed E-state index contributed by atoms with van der Waals surface area (Å²) in [6, 6.07) is 11.5. The van der Waals surface area contributed by atoms with Crippen molar-refractivity contribution >= 4 is 0 Å². The molecule has 0 spiro atoms. The molecule has 20 heavy (non-hydrogen) atoms. The molecule has 2 rings (SSSR count). The quantitative estimate of drug-likeness (QED) is 0.849. The summed E-state index contributed by atoms with van der Waals surface area (Å²) in [6.45, 7) is 3.36. The topological polar surface area (TPSA) is 54.1 Å². The molecule has 1 aromatic heterocycles. The van der Waals surface area contributed by atoms with Gasteiger partial charge in [-0.25, -0.2) is 0 Å². The van der Waals surface area contributed by atoms with Crippen LogP contribution in [-0.4, -0.2) is 18.6 Å². The molecule has 4 nitrogen and oxygen atoms in total. The number of pyridine rings is 1. The molecule has 2 N–H and O–H groups in total. The van der Waals surface area contributed by atoms with Gasteiger partial charge in [0.15, 0.2) is 0 Å². The van der Waals surface area contributed by atoms with Crippen molar-refractivity contribution in [2.24, 2.45) is 0 Å². The highest BCUT2D eigenvalue weighted by atomic mass is 16.5. The number of H-pyrrole nitrogens is 1. The summed E-state index contributed by atoms with van der Waals surface area (Å²) < 4.78 is 5.54. The van der Waals surface area contributed by atoms with Gasteiger partial charge in [0.25, 0.3) is 5.56 Å². The van der Waals surface area contributed by atoms with Crippen molar-refractivity contribution in [2.45, 2.75) is 19.9 Å². The van der Waals surface area contributed by atoms with E-state index in [1.807, 2.05) is 43.4 Å². The summed E-state index contributed by atoms with van der Waals surface area (Å²) in [5, 5.41) is 2.97. The minimum atomic E-state index is -0.0526. The first-order valence-electron chi connectivity index (χ1n) is 6.84. The lowest BCUT2D eigenvalue weighted by molar-refractivity contribution is 0.317. The van der Waals surface area contributed by atoms with Crippen LogP contribution in [-0.2, 0) is 6.54 Å². The SMILES string of the molecule is CCCOc1ccc(-c2ccc(CNC)c(=O)[nH]2)cc1. The van der Waals surface area contributed by atoms with Gasteiger partial charge in [0.1, 0.15) is 5.75 Å². The summed E-state index contributed by atoms with van der Waals surface area (Å²) in [4.78, 5) is 14.8. The monoisotopic (exact) mass is 272 g/mol. The molecule has 0 bridgehead atoms. The third kappa shape index (κ3) is 3.48. The molecule has 4 heteroatoms. The van der Waals surface area contributed by atoms with Crippen molar-refractivity contribution in [2.75, 3.05) is 13.7 Å². The van der Waals surface area contributed by atoms with Gasteiger partial charge in [0.05, 0.1) is 6.61 Å². The molecule has 1 heterocycles. The maximum atomic E-state index is 11.9. The average molecular weight is 272 g/mol. The van der Waals surface area contributed by atoms with Gasteiger partial charge in [0.2, 0.25) is 0 Å². The number of nitrogens with one attached hydrogen (secondary N) is 2. The highest BCUT2D eigenvalue weighted by molar-refractivity contribution is 5.60. The molecule has 106 valence electrons. The van der Waals surface area contributed by atoms with Crippen LogP contribution in [0, 0.1) is 0 Å². The van der Waals surface area contributed by atoms with Crippen molar-refractivity contribution in [3.8, 4) is 17.0 Å². The third-order valence-corrected chi connectivity index (χ3v) is 3.00. The van der Waals surface area contributed by atoms with Crippen molar-refractivity contribution in [3.63, 3.8) is 0 Å². The number of rotatable bonds is 6. The molecule has 0 aliphatic heterocycles. The van der Waals surface area contributed by atoms with E-state index in [0.29, 0.717) is 6.54 Å². The van der Waals surface area contributed by atoms with E-state index in [2.05, 4.69) is 17.2 Å². The van der Waals surface area contributed by atoms with Gasteiger partial charge in [-0.05, 0) is 49.4 Å². The van der Waals surface area contributed by atoms with Crippen molar-refractivity contribution < 1.29 is 4.74 Å². The first-order chi connectivity index (χ1) is 9.74. The van der Waals surface area contributed by atoms with Crippen molar-refractivity contribution in [1.29, 1.82) is 0 Å². The lowest BCUT2D eigenvalue weighted by atomic mass is 10.1. The van der Waals surface area contributed by atoms with E-state index in [0.717, 1.165) is 35.6 Å². The van der Waals surface area contributed by atoms with Gasteiger partial charge in [0, 0.05) is 17.8 Å². The van der Waals surface area contributed by atoms with Gasteiger partial charge in [-0.1, -0.05) is 13.0 Å². The second-order valence-electron chi connectivity index (χ2n) is 4.63. The Hall–Kier alpha value is -2.07. The van der Waals surface area contributed by atoms with Gasteiger partial charge in [-0.2, -0.15) is 0 Å². The van der Waals surface area contributed by atoms with Gasteiger partial charge >= 0.3 is 0 Å². The van der Waals surface area contributed by atoms with Crippen LogP contribution in [0.25, 0.3) is 11.3 Å². The number of aromatic nitrogens is 1. The molecule has 0 saturated carbocycles. The standard InChI is InChI=1S/C16H20N2O2/c1-3-10-20-14-7-4-12(5-8-14)15-9-6-13(11-17-2)16(19)18-15/h4-9,17H,3,10-11H2,1-2H3,(H,18,19). The maximum Gasteiger partial charge on any atom is 0.252 e. The fourth-order valence-corrected chi connectivity index (χ4v) is 1.95. The number of aromatic amines is 1. The maximum absolute atomic E-state index is 11.9. The Labute approximate surface area is 118 Å². The number of ether oxygens (including phenoxy) is 1. The molecule has 0 fully saturated rings. The molecular weight excluding hydrogens is 252 g/mol. The number of hydrogen-bond acceptors (Lipinski definition) is 3. The Kier molecular flexibility index (Phi) is 4.96. The number of hydrogen-bond donors (Lipinski definition) is 2. The van der Waals surface area contributed by atoms with E-state index in [4.69, 9.17) is 4.74 Å². The smallest absolute Gasteiger partial charge is 0.252 e. The molecular formula is C16H20N2O2. The summed E-state index contributed by atoms with van der Waals surface area (Å²) in [7, 11) is 1.82. The summed E-state index contributed by atoms with van der Waals surface area (Å²) >= 11 is 0. The van der Waals surface area contributed by atoms with Crippen LogP contribution in [0.15, 0.2) is 41.2 Å². The fourth-order valence-electron chi connectivity index (χ4n) is 1.95. The molecule has 0 radical (unpaired) electrons. The number of benzene rings is 1. The third-order valence-electron chi connectivity index (χ3n) is 3.00. The van der Waals surface area contributed by atoms with E-state index in [9.17, 15) is 4.79 Å². The van der Waals surface area contributed by atoms with Crippen LogP contribution >= 0.6 is 0 Å². The molecule has 0 aliphatic rings. The highest BCUT2D eigenvalue weighted by Gasteiger charge is 2.03. The van der Waals surface area contributed by atoms with E-state index in [1.54, 1.807) is 0 Å². The zero-order chi connectivity index (χ0) is 14.4. The van der Waals surface area contributed by atoms with E-state index in [-0.39, 0.29) is 5.56 Å². The predicted molar refractivity (Wildman–Crippen MR) is 81.0 cm³/mol. The summed E-state index contributed by atoms with van der Waals surface area (Å²) in [5.41, 5.74) is 2.47.